The summed E-state index contributed by atoms with van der Waals surface area (Å²) in [4.78, 5) is 22.7. The number of carbonyl (C=O) groups excluding carboxylic acids is 1. The SMILES string of the molecule is CCCCCCCCC=CCCCCCCCC(=O)N[C@@H](CCN)C(=O)O. The van der Waals surface area contributed by atoms with Crippen molar-refractivity contribution in [1.29, 1.82) is 0 Å². The molecule has 158 valence electrons. The van der Waals surface area contributed by atoms with Crippen LogP contribution in [-0.2, 0) is 9.59 Å². The van der Waals surface area contributed by atoms with Gasteiger partial charge in [-0.05, 0) is 45.1 Å². The van der Waals surface area contributed by atoms with Crippen LogP contribution in [0.2, 0.25) is 0 Å². The minimum absolute atomic E-state index is 0.187. The highest BCUT2D eigenvalue weighted by Crippen LogP contribution is 2.10. The highest BCUT2D eigenvalue weighted by atomic mass is 16.4. The molecule has 4 N–H and O–H groups in total. The van der Waals surface area contributed by atoms with Crippen LogP contribution < -0.4 is 11.1 Å². The van der Waals surface area contributed by atoms with Crippen molar-refractivity contribution in [3.8, 4) is 0 Å². The van der Waals surface area contributed by atoms with Crippen LogP contribution in [0.5, 0.6) is 0 Å². The number of carbonyl (C=O) groups is 2. The molecule has 1 amide bonds. The molecular weight excluding hydrogens is 340 g/mol. The summed E-state index contributed by atoms with van der Waals surface area (Å²) < 4.78 is 0. The van der Waals surface area contributed by atoms with E-state index in [4.69, 9.17) is 10.8 Å². The molecule has 27 heavy (non-hydrogen) atoms. The molecule has 0 aliphatic carbocycles. The predicted molar refractivity (Wildman–Crippen MR) is 113 cm³/mol. The van der Waals surface area contributed by atoms with E-state index in [9.17, 15) is 9.59 Å². The van der Waals surface area contributed by atoms with E-state index in [0.717, 1.165) is 25.7 Å². The summed E-state index contributed by atoms with van der Waals surface area (Å²) in [6, 6.07) is -0.856. The fourth-order valence-corrected chi connectivity index (χ4v) is 3.05. The molecule has 0 fully saturated rings. The maximum atomic E-state index is 11.7. The summed E-state index contributed by atoms with van der Waals surface area (Å²) in [5, 5.41) is 11.5. The first-order valence-electron chi connectivity index (χ1n) is 11.0. The van der Waals surface area contributed by atoms with E-state index in [1.54, 1.807) is 0 Å². The van der Waals surface area contributed by atoms with E-state index >= 15 is 0 Å². The van der Waals surface area contributed by atoms with E-state index < -0.39 is 12.0 Å². The Kier molecular flexibility index (Phi) is 18.4. The number of rotatable bonds is 19. The molecular formula is C22H42N2O3. The molecule has 5 nitrogen and oxygen atoms in total. The van der Waals surface area contributed by atoms with Gasteiger partial charge in [-0.3, -0.25) is 4.79 Å². The number of carboxylic acids is 1. The van der Waals surface area contributed by atoms with Gasteiger partial charge in [0.1, 0.15) is 6.04 Å². The van der Waals surface area contributed by atoms with Crippen molar-refractivity contribution in [3.63, 3.8) is 0 Å². The van der Waals surface area contributed by atoms with Crippen molar-refractivity contribution < 1.29 is 14.7 Å². The fraction of sp³-hybridized carbons (Fsp3) is 0.818. The van der Waals surface area contributed by atoms with Crippen LogP contribution in [0, 0.1) is 0 Å². The van der Waals surface area contributed by atoms with Gasteiger partial charge in [-0.2, -0.15) is 0 Å². The normalized spacial score (nSPS) is 12.4. The summed E-state index contributed by atoms with van der Waals surface area (Å²) in [5.41, 5.74) is 5.36. The summed E-state index contributed by atoms with van der Waals surface area (Å²) >= 11 is 0. The number of aliphatic carboxylic acids is 1. The van der Waals surface area contributed by atoms with Crippen molar-refractivity contribution >= 4 is 11.9 Å². The van der Waals surface area contributed by atoms with Crippen LogP contribution in [0.15, 0.2) is 12.2 Å². The van der Waals surface area contributed by atoms with Gasteiger partial charge in [0.25, 0.3) is 0 Å². The molecule has 1 atom stereocenters. The van der Waals surface area contributed by atoms with Gasteiger partial charge in [0.15, 0.2) is 0 Å². The van der Waals surface area contributed by atoms with Gasteiger partial charge >= 0.3 is 5.97 Å². The molecule has 0 aromatic heterocycles. The summed E-state index contributed by atoms with van der Waals surface area (Å²) in [6.07, 6.45) is 21.1. The van der Waals surface area contributed by atoms with E-state index in [1.165, 1.54) is 57.8 Å². The van der Waals surface area contributed by atoms with Gasteiger partial charge < -0.3 is 16.2 Å². The second kappa shape index (κ2) is 19.4. The standard InChI is InChI=1S/C22H42N2O3/c1-2-3-4-5-6-7-8-9-10-11-12-13-14-15-16-17-21(25)24-20(18-19-23)22(26)27/h9-10,20H,2-8,11-19,23H2,1H3,(H,24,25)(H,26,27)/t20-/m0/s1. The first-order chi connectivity index (χ1) is 13.1. The Morgan fingerprint density at radius 3 is 1.93 bits per heavy atom. The molecule has 0 heterocycles. The summed E-state index contributed by atoms with van der Waals surface area (Å²) in [6.45, 7) is 2.51. The maximum Gasteiger partial charge on any atom is 0.326 e. The van der Waals surface area contributed by atoms with Crippen LogP contribution in [0.1, 0.15) is 103 Å². The maximum absolute atomic E-state index is 11.7. The lowest BCUT2D eigenvalue weighted by atomic mass is 10.1. The Bertz CT molecular complexity index is 397. The Labute approximate surface area is 166 Å². The number of nitrogens with two attached hydrogens (primary N) is 1. The summed E-state index contributed by atoms with van der Waals surface area (Å²) in [7, 11) is 0. The molecule has 0 saturated carbocycles. The number of carboxylic acid groups (broad SMARTS) is 1. The van der Waals surface area contributed by atoms with Crippen molar-refractivity contribution in [3.05, 3.63) is 12.2 Å². The zero-order valence-corrected chi connectivity index (χ0v) is 17.4. The van der Waals surface area contributed by atoms with Crippen molar-refractivity contribution in [2.24, 2.45) is 5.73 Å². The van der Waals surface area contributed by atoms with Gasteiger partial charge in [-0.1, -0.05) is 70.4 Å². The van der Waals surface area contributed by atoms with Crippen LogP contribution in [0.3, 0.4) is 0 Å². The molecule has 0 aliphatic rings. The molecule has 0 aromatic carbocycles. The van der Waals surface area contributed by atoms with E-state index in [0.29, 0.717) is 6.42 Å². The number of amides is 1. The smallest absolute Gasteiger partial charge is 0.326 e. The largest absolute Gasteiger partial charge is 0.480 e. The number of nitrogens with one attached hydrogen (secondary N) is 1. The van der Waals surface area contributed by atoms with Crippen LogP contribution in [-0.4, -0.2) is 29.6 Å². The third kappa shape index (κ3) is 17.8. The van der Waals surface area contributed by atoms with Gasteiger partial charge in [-0.15, -0.1) is 0 Å². The molecule has 0 aliphatic heterocycles. The van der Waals surface area contributed by atoms with Gasteiger partial charge in [-0.25, -0.2) is 4.79 Å². The van der Waals surface area contributed by atoms with Crippen LogP contribution in [0.4, 0.5) is 0 Å². The van der Waals surface area contributed by atoms with Gasteiger partial charge in [0, 0.05) is 6.42 Å². The monoisotopic (exact) mass is 382 g/mol. The number of hydrogen-bond donors (Lipinski definition) is 3. The first kappa shape index (κ1) is 25.6. The number of hydrogen-bond acceptors (Lipinski definition) is 3. The average Bonchev–Trinajstić information content (AvgIpc) is 2.64. The quantitative estimate of drug-likeness (QED) is 0.218. The summed E-state index contributed by atoms with van der Waals surface area (Å²) in [5.74, 6) is -1.20. The van der Waals surface area contributed by atoms with E-state index in [2.05, 4.69) is 24.4 Å². The fourth-order valence-electron chi connectivity index (χ4n) is 3.05. The first-order valence-corrected chi connectivity index (χ1v) is 11.0. The van der Waals surface area contributed by atoms with Crippen LogP contribution in [0.25, 0.3) is 0 Å². The second-order valence-corrected chi connectivity index (χ2v) is 7.37. The highest BCUT2D eigenvalue weighted by Gasteiger charge is 2.18. The molecule has 0 unspecified atom stereocenters. The Hall–Kier alpha value is -1.36. The van der Waals surface area contributed by atoms with Crippen molar-refractivity contribution in [2.75, 3.05) is 6.54 Å². The molecule has 0 saturated heterocycles. The molecule has 0 rings (SSSR count). The average molecular weight is 383 g/mol. The second-order valence-electron chi connectivity index (χ2n) is 7.37. The van der Waals surface area contributed by atoms with Crippen LogP contribution >= 0.6 is 0 Å². The zero-order valence-electron chi connectivity index (χ0n) is 17.4. The van der Waals surface area contributed by atoms with E-state index in [-0.39, 0.29) is 18.9 Å². The lowest BCUT2D eigenvalue weighted by Gasteiger charge is -2.13. The zero-order chi connectivity index (χ0) is 20.2. The molecule has 0 bridgehead atoms. The predicted octanol–water partition coefficient (Wildman–Crippen LogP) is 4.94. The molecule has 0 radical (unpaired) electrons. The van der Waals surface area contributed by atoms with Crippen molar-refractivity contribution in [1.82, 2.24) is 5.32 Å². The third-order valence-corrected chi connectivity index (χ3v) is 4.75. The van der Waals surface area contributed by atoms with Crippen molar-refractivity contribution in [2.45, 2.75) is 109 Å². The Morgan fingerprint density at radius 2 is 1.41 bits per heavy atom. The lowest BCUT2D eigenvalue weighted by Crippen LogP contribution is -2.41. The topological polar surface area (TPSA) is 92.4 Å². The Morgan fingerprint density at radius 1 is 0.889 bits per heavy atom. The van der Waals surface area contributed by atoms with Gasteiger partial charge in [0.2, 0.25) is 5.91 Å². The molecule has 0 aromatic rings. The van der Waals surface area contributed by atoms with E-state index in [1.807, 2.05) is 0 Å². The highest BCUT2D eigenvalue weighted by molar-refractivity contribution is 5.83. The number of allylic oxidation sites excluding steroid dienone is 2. The molecule has 0 spiro atoms. The lowest BCUT2D eigenvalue weighted by molar-refractivity contribution is -0.142. The minimum atomic E-state index is -1.02. The third-order valence-electron chi connectivity index (χ3n) is 4.75. The number of unbranched alkanes of at least 4 members (excludes halogenated alkanes) is 11. The van der Waals surface area contributed by atoms with Gasteiger partial charge in [0.05, 0.1) is 0 Å². The Balaban J connectivity index is 3.42. The molecule has 5 heteroatoms. The minimum Gasteiger partial charge on any atom is -0.480 e.